The third-order valence-electron chi connectivity index (χ3n) is 5.28. The Morgan fingerprint density at radius 2 is 1.74 bits per heavy atom. The van der Waals surface area contributed by atoms with Crippen LogP contribution >= 0.6 is 0 Å². The van der Waals surface area contributed by atoms with Crippen molar-refractivity contribution in [2.24, 2.45) is 0 Å². The van der Waals surface area contributed by atoms with Gasteiger partial charge in [-0.05, 0) is 37.3 Å². The van der Waals surface area contributed by atoms with Gasteiger partial charge in [0, 0.05) is 19.2 Å². The molecule has 1 aliphatic heterocycles. The average molecular weight is 534 g/mol. The lowest BCUT2D eigenvalue weighted by molar-refractivity contribution is -0.116. The Hall–Kier alpha value is -2.81. The maximum absolute atomic E-state index is 13.8. The third kappa shape index (κ3) is 5.89. The summed E-state index contributed by atoms with van der Waals surface area (Å²) in [7, 11) is -6.69. The van der Waals surface area contributed by atoms with E-state index in [4.69, 9.17) is 9.47 Å². The Labute approximate surface area is 202 Å². The summed E-state index contributed by atoms with van der Waals surface area (Å²) >= 11 is 0. The number of carbonyl (C=O) groups is 1. The standard InChI is InChI=1S/C21H25F2N3O7S2/c1-14(26(34(3,28)29)15-4-6-17(22)18(23)12-15)21(27)24-19-13-16(5-7-20(19)32-2)35(30,31)25-8-10-33-11-9-25/h4-7,12-14H,8-11H2,1-3H3,(H,24,27)/t14-/m1/s1. The minimum Gasteiger partial charge on any atom is -0.495 e. The van der Waals surface area contributed by atoms with E-state index in [-0.39, 0.29) is 48.3 Å². The molecule has 1 atom stereocenters. The molecule has 192 valence electrons. The zero-order valence-electron chi connectivity index (χ0n) is 19.2. The number of morpholine rings is 1. The molecule has 2 aromatic carbocycles. The van der Waals surface area contributed by atoms with Crippen LogP contribution in [0.2, 0.25) is 0 Å². The molecule has 3 rings (SSSR count). The number of anilines is 2. The molecule has 10 nitrogen and oxygen atoms in total. The minimum absolute atomic E-state index is 0.0163. The lowest BCUT2D eigenvalue weighted by atomic mass is 10.2. The topological polar surface area (TPSA) is 122 Å². The lowest BCUT2D eigenvalue weighted by Crippen LogP contribution is -2.45. The fourth-order valence-electron chi connectivity index (χ4n) is 3.55. The second kappa shape index (κ2) is 10.4. The SMILES string of the molecule is COc1ccc(S(=O)(=O)N2CCOCC2)cc1NC(=O)[C@@H](C)N(c1ccc(F)c(F)c1)S(C)(=O)=O. The third-order valence-corrected chi connectivity index (χ3v) is 8.42. The second-order valence-corrected chi connectivity index (χ2v) is 11.5. The predicted octanol–water partition coefficient (Wildman–Crippen LogP) is 1.79. The second-order valence-electron chi connectivity index (χ2n) is 7.70. The highest BCUT2D eigenvalue weighted by atomic mass is 32.2. The van der Waals surface area contributed by atoms with Crippen LogP contribution in [-0.4, -0.2) is 72.8 Å². The average Bonchev–Trinajstić information content (AvgIpc) is 2.81. The number of halogens is 2. The number of hydrogen-bond donors (Lipinski definition) is 1. The van der Waals surface area contributed by atoms with Gasteiger partial charge in [-0.3, -0.25) is 9.10 Å². The zero-order chi connectivity index (χ0) is 26.0. The van der Waals surface area contributed by atoms with Gasteiger partial charge in [-0.15, -0.1) is 0 Å². The fraction of sp³-hybridized carbons (Fsp3) is 0.381. The first kappa shape index (κ1) is 26.8. The highest BCUT2D eigenvalue weighted by Crippen LogP contribution is 2.30. The number of methoxy groups -OCH3 is 1. The molecule has 35 heavy (non-hydrogen) atoms. The molecule has 2 aromatic rings. The van der Waals surface area contributed by atoms with E-state index in [2.05, 4.69) is 5.32 Å². The molecule has 1 heterocycles. The normalized spacial score (nSPS) is 15.9. The largest absolute Gasteiger partial charge is 0.495 e. The number of amides is 1. The summed E-state index contributed by atoms with van der Waals surface area (Å²) in [5, 5.41) is 2.48. The monoisotopic (exact) mass is 533 g/mol. The zero-order valence-corrected chi connectivity index (χ0v) is 20.8. The quantitative estimate of drug-likeness (QED) is 0.549. The summed E-state index contributed by atoms with van der Waals surface area (Å²) in [6.07, 6.45) is 0.814. The van der Waals surface area contributed by atoms with Gasteiger partial charge in [-0.25, -0.2) is 25.6 Å². The van der Waals surface area contributed by atoms with Gasteiger partial charge >= 0.3 is 0 Å². The van der Waals surface area contributed by atoms with Crippen LogP contribution in [0.3, 0.4) is 0 Å². The summed E-state index contributed by atoms with van der Waals surface area (Å²) in [5.74, 6) is -3.20. The van der Waals surface area contributed by atoms with Crippen LogP contribution in [0.5, 0.6) is 5.75 Å². The maximum Gasteiger partial charge on any atom is 0.248 e. The van der Waals surface area contributed by atoms with Gasteiger partial charge in [-0.1, -0.05) is 0 Å². The molecule has 0 radical (unpaired) electrons. The molecule has 0 unspecified atom stereocenters. The summed E-state index contributed by atoms with van der Waals surface area (Å²) in [5.41, 5.74) is -0.276. The molecule has 0 aromatic heterocycles. The smallest absolute Gasteiger partial charge is 0.248 e. The lowest BCUT2D eigenvalue weighted by Gasteiger charge is -2.29. The number of nitrogens with one attached hydrogen (secondary N) is 1. The van der Waals surface area contributed by atoms with Gasteiger partial charge in [0.2, 0.25) is 26.0 Å². The van der Waals surface area contributed by atoms with Gasteiger partial charge in [-0.2, -0.15) is 4.31 Å². The van der Waals surface area contributed by atoms with E-state index < -0.39 is 43.6 Å². The van der Waals surface area contributed by atoms with Crippen molar-refractivity contribution in [2.75, 3.05) is 49.3 Å². The van der Waals surface area contributed by atoms with E-state index in [1.54, 1.807) is 0 Å². The van der Waals surface area contributed by atoms with Crippen LogP contribution in [0.1, 0.15) is 6.92 Å². The number of benzene rings is 2. The molecule has 1 saturated heterocycles. The molecular formula is C21H25F2N3O7S2. The molecule has 14 heteroatoms. The van der Waals surface area contributed by atoms with Crippen LogP contribution in [0.4, 0.5) is 20.2 Å². The highest BCUT2D eigenvalue weighted by molar-refractivity contribution is 7.92. The first-order chi connectivity index (χ1) is 16.4. The number of nitrogens with zero attached hydrogens (tertiary/aromatic N) is 2. The van der Waals surface area contributed by atoms with Crippen molar-refractivity contribution in [1.29, 1.82) is 0 Å². The Kier molecular flexibility index (Phi) is 7.99. The van der Waals surface area contributed by atoms with Crippen LogP contribution in [-0.2, 0) is 29.6 Å². The van der Waals surface area contributed by atoms with Gasteiger partial charge in [0.15, 0.2) is 11.6 Å². The van der Waals surface area contributed by atoms with Crippen molar-refractivity contribution < 1.29 is 39.9 Å². The van der Waals surface area contributed by atoms with E-state index in [1.165, 1.54) is 36.5 Å². The molecule has 1 amide bonds. The van der Waals surface area contributed by atoms with Crippen molar-refractivity contribution in [2.45, 2.75) is 17.9 Å². The van der Waals surface area contributed by atoms with E-state index in [0.29, 0.717) is 10.4 Å². The first-order valence-electron chi connectivity index (χ1n) is 10.4. The summed E-state index contributed by atoms with van der Waals surface area (Å²) in [4.78, 5) is 12.9. The van der Waals surface area contributed by atoms with Gasteiger partial charge < -0.3 is 14.8 Å². The molecule has 1 fully saturated rings. The van der Waals surface area contributed by atoms with E-state index in [9.17, 15) is 30.4 Å². The summed E-state index contributed by atoms with van der Waals surface area (Å²) in [6.45, 7) is 2.09. The molecule has 0 spiro atoms. The van der Waals surface area contributed by atoms with Crippen molar-refractivity contribution in [3.63, 3.8) is 0 Å². The van der Waals surface area contributed by atoms with E-state index in [0.717, 1.165) is 18.4 Å². The maximum atomic E-state index is 13.8. The highest BCUT2D eigenvalue weighted by Gasteiger charge is 2.31. The van der Waals surface area contributed by atoms with Crippen molar-refractivity contribution >= 4 is 37.3 Å². The van der Waals surface area contributed by atoms with Crippen LogP contribution in [0.15, 0.2) is 41.3 Å². The molecule has 0 bridgehead atoms. The first-order valence-corrected chi connectivity index (χ1v) is 13.7. The molecule has 1 aliphatic rings. The Morgan fingerprint density at radius 1 is 1.09 bits per heavy atom. The van der Waals surface area contributed by atoms with Crippen molar-refractivity contribution in [3.8, 4) is 5.75 Å². The van der Waals surface area contributed by atoms with Gasteiger partial charge in [0.05, 0.1) is 42.8 Å². The van der Waals surface area contributed by atoms with Gasteiger partial charge in [0.25, 0.3) is 0 Å². The predicted molar refractivity (Wildman–Crippen MR) is 124 cm³/mol. The molecular weight excluding hydrogens is 508 g/mol. The molecule has 0 aliphatic carbocycles. The Balaban J connectivity index is 1.93. The van der Waals surface area contributed by atoms with Crippen molar-refractivity contribution in [3.05, 3.63) is 48.0 Å². The number of hydrogen-bond acceptors (Lipinski definition) is 7. The fourth-order valence-corrected chi connectivity index (χ4v) is 6.15. The molecule has 0 saturated carbocycles. The van der Waals surface area contributed by atoms with Gasteiger partial charge in [0.1, 0.15) is 11.8 Å². The summed E-state index contributed by atoms with van der Waals surface area (Å²) < 4.78 is 90.3. The molecule has 1 N–H and O–H groups in total. The summed E-state index contributed by atoms with van der Waals surface area (Å²) in [6, 6.07) is 4.91. The number of rotatable bonds is 8. The van der Waals surface area contributed by atoms with Crippen molar-refractivity contribution in [1.82, 2.24) is 4.31 Å². The number of carbonyl (C=O) groups excluding carboxylic acids is 1. The van der Waals surface area contributed by atoms with Crippen LogP contribution in [0, 0.1) is 11.6 Å². The number of ether oxygens (including phenoxy) is 2. The van der Waals surface area contributed by atoms with Crippen LogP contribution < -0.4 is 14.4 Å². The van der Waals surface area contributed by atoms with E-state index in [1.807, 2.05) is 0 Å². The van der Waals surface area contributed by atoms with E-state index >= 15 is 0 Å². The number of sulfonamides is 2. The Bertz CT molecular complexity index is 1310. The minimum atomic E-state index is -4.11. The van der Waals surface area contributed by atoms with Crippen LogP contribution in [0.25, 0.3) is 0 Å². The Morgan fingerprint density at radius 3 is 2.31 bits per heavy atom.